The lowest BCUT2D eigenvalue weighted by molar-refractivity contribution is -0.192. The zero-order valence-corrected chi connectivity index (χ0v) is 18.6. The molecule has 0 aliphatic carbocycles. The minimum absolute atomic E-state index is 0.119. The zero-order chi connectivity index (χ0) is 24.3. The van der Waals surface area contributed by atoms with E-state index in [2.05, 4.69) is 10.1 Å². The van der Waals surface area contributed by atoms with Crippen LogP contribution in [-0.4, -0.2) is 64.9 Å². The Labute approximate surface area is 188 Å². The van der Waals surface area contributed by atoms with Crippen molar-refractivity contribution in [3.63, 3.8) is 0 Å². The third-order valence-electron chi connectivity index (χ3n) is 5.94. The number of halogens is 3. The van der Waals surface area contributed by atoms with E-state index < -0.39 is 12.1 Å². The number of ether oxygens (including phenoxy) is 1. The quantitative estimate of drug-likeness (QED) is 0.719. The molecule has 0 bridgehead atoms. The van der Waals surface area contributed by atoms with E-state index in [0.29, 0.717) is 12.5 Å². The first-order valence-corrected chi connectivity index (χ1v) is 10.4. The van der Waals surface area contributed by atoms with Gasteiger partial charge in [0.2, 0.25) is 5.91 Å². The number of alkyl halides is 3. The van der Waals surface area contributed by atoms with Gasteiger partial charge in [0, 0.05) is 44.2 Å². The minimum Gasteiger partial charge on any atom is -0.497 e. The number of rotatable bonds is 5. The second-order valence-corrected chi connectivity index (χ2v) is 8.23. The fourth-order valence-corrected chi connectivity index (χ4v) is 4.21. The second-order valence-electron chi connectivity index (χ2n) is 8.23. The maximum Gasteiger partial charge on any atom is 0.490 e. The molecule has 3 heterocycles. The van der Waals surface area contributed by atoms with Gasteiger partial charge in [-0.1, -0.05) is 17.3 Å². The van der Waals surface area contributed by atoms with Gasteiger partial charge in [0.05, 0.1) is 18.7 Å². The van der Waals surface area contributed by atoms with Crippen LogP contribution < -0.4 is 4.74 Å². The van der Waals surface area contributed by atoms with Crippen LogP contribution in [0.4, 0.5) is 13.2 Å². The molecule has 2 saturated heterocycles. The third kappa shape index (κ3) is 5.84. The fourth-order valence-electron chi connectivity index (χ4n) is 4.21. The van der Waals surface area contributed by atoms with Gasteiger partial charge in [-0.3, -0.25) is 9.69 Å². The summed E-state index contributed by atoms with van der Waals surface area (Å²) in [5.74, 6) is -0.213. The van der Waals surface area contributed by atoms with Gasteiger partial charge in [0.25, 0.3) is 0 Å². The molecule has 0 saturated carbocycles. The molecule has 1 amide bonds. The molecule has 2 aliphatic heterocycles. The molecular formula is C22H26F3N3O5. The van der Waals surface area contributed by atoms with Crippen molar-refractivity contribution in [1.82, 2.24) is 15.0 Å². The second kappa shape index (κ2) is 9.82. The Morgan fingerprint density at radius 2 is 1.82 bits per heavy atom. The Kier molecular flexibility index (Phi) is 7.31. The maximum atomic E-state index is 12.8. The highest BCUT2D eigenvalue weighted by Crippen LogP contribution is 2.34. The highest BCUT2D eigenvalue weighted by Gasteiger charge is 2.46. The molecule has 1 aromatic heterocycles. The smallest absolute Gasteiger partial charge is 0.490 e. The number of aliphatic carboxylic acids is 1. The van der Waals surface area contributed by atoms with Crippen LogP contribution in [0.25, 0.3) is 0 Å². The van der Waals surface area contributed by atoms with Crippen molar-refractivity contribution in [2.45, 2.75) is 33.1 Å². The van der Waals surface area contributed by atoms with Crippen LogP contribution >= 0.6 is 0 Å². The molecule has 4 rings (SSSR count). The first-order chi connectivity index (χ1) is 15.5. The Hall–Kier alpha value is -3.08. The molecule has 0 unspecified atom stereocenters. The lowest BCUT2D eigenvalue weighted by Crippen LogP contribution is -2.32. The lowest BCUT2D eigenvalue weighted by Gasteiger charge is -2.21. The number of carboxylic acid groups (broad SMARTS) is 1. The first-order valence-electron chi connectivity index (χ1n) is 10.4. The van der Waals surface area contributed by atoms with E-state index in [-0.39, 0.29) is 11.8 Å². The Bertz CT molecular complexity index is 971. The van der Waals surface area contributed by atoms with Crippen LogP contribution in [0, 0.1) is 25.7 Å². The number of amides is 1. The number of nitrogens with zero attached hydrogens (tertiary/aromatic N) is 3. The lowest BCUT2D eigenvalue weighted by atomic mass is 10.0. The number of benzene rings is 1. The van der Waals surface area contributed by atoms with Crippen LogP contribution in [0.3, 0.4) is 0 Å². The number of methoxy groups -OCH3 is 1. The summed E-state index contributed by atoms with van der Waals surface area (Å²) in [6.45, 7) is 8.05. The van der Waals surface area contributed by atoms with Crippen LogP contribution in [0.2, 0.25) is 0 Å². The molecule has 180 valence electrons. The van der Waals surface area contributed by atoms with Crippen molar-refractivity contribution in [1.29, 1.82) is 0 Å². The van der Waals surface area contributed by atoms with Crippen molar-refractivity contribution >= 4 is 11.9 Å². The standard InChI is InChI=1S/C20H25N3O3.C2HF3O2/c1-13-18(14(2)26-21-13)11-22-9-16-10-23(20(24)19(16)12-22)8-15-4-6-17(25-3)7-5-15;3-2(4,5)1(6)7/h4-7,16,19H,8-12H2,1-3H3;(H,6,7)/t16-,19-;/m0./s1. The summed E-state index contributed by atoms with van der Waals surface area (Å²) in [4.78, 5) is 26.1. The van der Waals surface area contributed by atoms with Gasteiger partial charge in [-0.05, 0) is 31.5 Å². The van der Waals surface area contributed by atoms with Gasteiger partial charge < -0.3 is 19.3 Å². The zero-order valence-electron chi connectivity index (χ0n) is 18.6. The van der Waals surface area contributed by atoms with Crippen LogP contribution in [-0.2, 0) is 22.7 Å². The van der Waals surface area contributed by atoms with E-state index in [4.69, 9.17) is 19.2 Å². The molecule has 2 atom stereocenters. The normalized spacial score (nSPS) is 20.4. The SMILES string of the molecule is COc1ccc(CN2C[C@@H]3CN(Cc4c(C)noc4C)C[C@@H]3C2=O)cc1.O=C(O)C(F)(F)F. The summed E-state index contributed by atoms with van der Waals surface area (Å²) in [6.07, 6.45) is -5.08. The number of fused-ring (bicyclic) bond motifs is 1. The average molecular weight is 469 g/mol. The van der Waals surface area contributed by atoms with Crippen LogP contribution in [0.1, 0.15) is 22.6 Å². The molecule has 2 aromatic rings. The average Bonchev–Trinajstić information content (AvgIpc) is 3.39. The summed E-state index contributed by atoms with van der Waals surface area (Å²) in [5, 5.41) is 11.2. The molecule has 2 aliphatic rings. The molecule has 0 spiro atoms. The van der Waals surface area contributed by atoms with E-state index in [0.717, 1.165) is 54.5 Å². The third-order valence-corrected chi connectivity index (χ3v) is 5.94. The first kappa shape index (κ1) is 24.6. The Balaban J connectivity index is 0.000000383. The van der Waals surface area contributed by atoms with Crippen LogP contribution in [0.5, 0.6) is 5.75 Å². The molecule has 1 aromatic carbocycles. The highest BCUT2D eigenvalue weighted by atomic mass is 19.4. The van der Waals surface area contributed by atoms with Crippen molar-refractivity contribution < 1.29 is 37.1 Å². The Morgan fingerprint density at radius 3 is 2.30 bits per heavy atom. The monoisotopic (exact) mass is 469 g/mol. The molecule has 0 radical (unpaired) electrons. The molecule has 11 heteroatoms. The summed E-state index contributed by atoms with van der Waals surface area (Å²) in [6, 6.07) is 7.96. The van der Waals surface area contributed by atoms with Gasteiger partial charge in [0.1, 0.15) is 11.5 Å². The molecule has 1 N–H and O–H groups in total. The molecular weight excluding hydrogens is 443 g/mol. The number of carboxylic acids is 1. The van der Waals surface area contributed by atoms with E-state index in [1.54, 1.807) is 7.11 Å². The van der Waals surface area contributed by atoms with Gasteiger partial charge in [-0.15, -0.1) is 0 Å². The molecule has 2 fully saturated rings. The van der Waals surface area contributed by atoms with E-state index >= 15 is 0 Å². The van der Waals surface area contributed by atoms with E-state index in [1.807, 2.05) is 43.0 Å². The van der Waals surface area contributed by atoms with Crippen molar-refractivity contribution in [2.75, 3.05) is 26.7 Å². The topological polar surface area (TPSA) is 96.1 Å². The predicted octanol–water partition coefficient (Wildman–Crippen LogP) is 3.02. The largest absolute Gasteiger partial charge is 0.497 e. The molecule has 8 nitrogen and oxygen atoms in total. The maximum absolute atomic E-state index is 12.8. The van der Waals surface area contributed by atoms with Gasteiger partial charge in [0.15, 0.2) is 0 Å². The summed E-state index contributed by atoms with van der Waals surface area (Å²) >= 11 is 0. The van der Waals surface area contributed by atoms with Crippen LogP contribution in [0.15, 0.2) is 28.8 Å². The number of hydrogen-bond acceptors (Lipinski definition) is 6. The van der Waals surface area contributed by atoms with Gasteiger partial charge in [-0.25, -0.2) is 4.79 Å². The van der Waals surface area contributed by atoms with E-state index in [9.17, 15) is 18.0 Å². The number of aromatic nitrogens is 1. The fraction of sp³-hybridized carbons (Fsp3) is 0.500. The van der Waals surface area contributed by atoms with Crippen molar-refractivity contribution in [2.24, 2.45) is 11.8 Å². The van der Waals surface area contributed by atoms with Crippen molar-refractivity contribution in [3.8, 4) is 5.75 Å². The molecule has 33 heavy (non-hydrogen) atoms. The summed E-state index contributed by atoms with van der Waals surface area (Å²) in [5.41, 5.74) is 3.26. The Morgan fingerprint density at radius 1 is 1.18 bits per heavy atom. The number of carbonyl (C=O) groups is 2. The number of carbonyl (C=O) groups excluding carboxylic acids is 1. The predicted molar refractivity (Wildman–Crippen MR) is 110 cm³/mol. The summed E-state index contributed by atoms with van der Waals surface area (Å²) in [7, 11) is 1.66. The number of likely N-dealkylation sites (tertiary alicyclic amines) is 2. The van der Waals surface area contributed by atoms with Gasteiger partial charge in [-0.2, -0.15) is 13.2 Å². The minimum atomic E-state index is -5.08. The van der Waals surface area contributed by atoms with Crippen molar-refractivity contribution in [3.05, 3.63) is 46.8 Å². The summed E-state index contributed by atoms with van der Waals surface area (Å²) < 4.78 is 42.2. The number of aryl methyl sites for hydroxylation is 2. The van der Waals surface area contributed by atoms with E-state index in [1.165, 1.54) is 0 Å². The number of hydrogen-bond donors (Lipinski definition) is 1. The van der Waals surface area contributed by atoms with Gasteiger partial charge >= 0.3 is 12.1 Å². The highest BCUT2D eigenvalue weighted by molar-refractivity contribution is 5.82.